The molecule has 4 rings (SSSR count). The van der Waals surface area contributed by atoms with Gasteiger partial charge in [-0.3, -0.25) is 0 Å². The smallest absolute Gasteiger partial charge is 0.378 e. The second kappa shape index (κ2) is 9.26. The van der Waals surface area contributed by atoms with Gasteiger partial charge < -0.3 is 19.6 Å². The molecule has 0 aromatic heterocycles. The monoisotopic (exact) mass is 516 g/mol. The van der Waals surface area contributed by atoms with Gasteiger partial charge in [-0.15, -0.1) is 0 Å². The molecule has 1 N–H and O–H groups in total. The molecule has 5 nitrogen and oxygen atoms in total. The molecule has 0 bridgehead atoms. The van der Waals surface area contributed by atoms with Crippen molar-refractivity contribution in [3.63, 3.8) is 0 Å². The number of nitrogens with zero attached hydrogens (tertiary/aromatic N) is 2. The molecule has 0 unspecified atom stereocenters. The molecule has 36 heavy (non-hydrogen) atoms. The Morgan fingerprint density at radius 2 is 1.47 bits per heavy atom. The summed E-state index contributed by atoms with van der Waals surface area (Å²) in [5.41, 5.74) is -5.61. The van der Waals surface area contributed by atoms with E-state index in [1.54, 1.807) is 9.80 Å². The third-order valence-electron chi connectivity index (χ3n) is 7.23. The molecule has 2 aromatic rings. The Hall–Kier alpha value is -2.79. The maximum absolute atomic E-state index is 13.3. The zero-order valence-electron chi connectivity index (χ0n) is 19.4. The van der Waals surface area contributed by atoms with Gasteiger partial charge in [-0.05, 0) is 11.1 Å². The fourth-order valence-electron chi connectivity index (χ4n) is 5.12. The van der Waals surface area contributed by atoms with E-state index in [1.165, 1.54) is 12.1 Å². The van der Waals surface area contributed by atoms with Crippen LogP contribution in [0.5, 0.6) is 0 Å². The van der Waals surface area contributed by atoms with Crippen LogP contribution in [0.15, 0.2) is 54.6 Å². The van der Waals surface area contributed by atoms with E-state index in [4.69, 9.17) is 4.74 Å². The molecule has 0 radical (unpaired) electrons. The van der Waals surface area contributed by atoms with Gasteiger partial charge >= 0.3 is 18.4 Å². The summed E-state index contributed by atoms with van der Waals surface area (Å²) in [6, 6.07) is 12.7. The van der Waals surface area contributed by atoms with Crippen LogP contribution in [-0.4, -0.2) is 72.7 Å². The van der Waals surface area contributed by atoms with Crippen molar-refractivity contribution < 1.29 is 41.0 Å². The first-order valence-corrected chi connectivity index (χ1v) is 11.4. The van der Waals surface area contributed by atoms with Crippen molar-refractivity contribution in [2.24, 2.45) is 0 Å². The number of carbonyl (C=O) groups is 1. The van der Waals surface area contributed by atoms with Gasteiger partial charge in [0.1, 0.15) is 0 Å². The van der Waals surface area contributed by atoms with Crippen molar-refractivity contribution in [1.29, 1.82) is 0 Å². The third kappa shape index (κ3) is 4.43. The number of rotatable bonds is 3. The minimum Gasteiger partial charge on any atom is -0.378 e. The van der Waals surface area contributed by atoms with Crippen molar-refractivity contribution in [2.75, 3.05) is 39.4 Å². The van der Waals surface area contributed by atoms with Crippen LogP contribution < -0.4 is 0 Å². The van der Waals surface area contributed by atoms with Gasteiger partial charge in [0, 0.05) is 43.1 Å². The largest absolute Gasteiger partial charge is 0.430 e. The highest BCUT2D eigenvalue weighted by atomic mass is 19.4. The van der Waals surface area contributed by atoms with E-state index in [1.807, 2.05) is 37.3 Å². The third-order valence-corrected chi connectivity index (χ3v) is 7.23. The first-order chi connectivity index (χ1) is 16.8. The second-order valence-corrected chi connectivity index (χ2v) is 9.43. The van der Waals surface area contributed by atoms with Crippen molar-refractivity contribution in [1.82, 2.24) is 9.80 Å². The summed E-state index contributed by atoms with van der Waals surface area (Å²) in [6.07, 6.45) is -11.9. The lowest BCUT2D eigenvalue weighted by Crippen LogP contribution is -2.53. The number of hydrogen-bond donors (Lipinski definition) is 1. The lowest BCUT2D eigenvalue weighted by Gasteiger charge is -2.34. The summed E-state index contributed by atoms with van der Waals surface area (Å²) in [4.78, 5) is 16.6. The van der Waals surface area contributed by atoms with Crippen LogP contribution in [0.1, 0.15) is 29.5 Å². The zero-order chi connectivity index (χ0) is 26.4. The van der Waals surface area contributed by atoms with Crippen LogP contribution in [-0.2, 0) is 15.8 Å². The van der Waals surface area contributed by atoms with Gasteiger partial charge in [-0.2, -0.15) is 26.3 Å². The van der Waals surface area contributed by atoms with E-state index in [0.29, 0.717) is 50.5 Å². The topological polar surface area (TPSA) is 53.0 Å². The standard InChI is InChI=1S/C25H26F6N2O3/c1-22(18-5-3-2-4-6-18)16-33(21(34)32-11-13-36-14-12-32)15-20(22)17-7-9-19(10-8-17)23(35,24(26,27)28)25(29,30)31/h2-10,20,35H,11-16H2,1H3/t20-,22+/m1/s1. The van der Waals surface area contributed by atoms with Crippen LogP contribution in [0.25, 0.3) is 0 Å². The predicted molar refractivity (Wildman–Crippen MR) is 118 cm³/mol. The van der Waals surface area contributed by atoms with E-state index >= 15 is 0 Å². The molecule has 0 spiro atoms. The fourth-order valence-corrected chi connectivity index (χ4v) is 5.12. The molecule has 11 heteroatoms. The molecule has 2 atom stereocenters. The van der Waals surface area contributed by atoms with E-state index in [0.717, 1.165) is 5.56 Å². The number of alkyl halides is 6. The number of carbonyl (C=O) groups excluding carboxylic acids is 1. The van der Waals surface area contributed by atoms with Gasteiger partial charge in [0.15, 0.2) is 0 Å². The summed E-state index contributed by atoms with van der Waals surface area (Å²) in [5.74, 6) is -0.413. The molecule has 2 amide bonds. The fraction of sp³-hybridized carbons (Fsp3) is 0.480. The summed E-state index contributed by atoms with van der Waals surface area (Å²) < 4.78 is 85.2. The summed E-state index contributed by atoms with van der Waals surface area (Å²) >= 11 is 0. The first-order valence-electron chi connectivity index (χ1n) is 11.4. The predicted octanol–water partition coefficient (Wildman–Crippen LogP) is 4.81. The van der Waals surface area contributed by atoms with Gasteiger partial charge in [0.25, 0.3) is 5.60 Å². The summed E-state index contributed by atoms with van der Waals surface area (Å²) in [7, 11) is 0. The van der Waals surface area contributed by atoms with Crippen molar-refractivity contribution in [3.05, 3.63) is 71.3 Å². The number of amides is 2. The second-order valence-electron chi connectivity index (χ2n) is 9.43. The molecule has 2 aliphatic rings. The Bertz CT molecular complexity index is 1050. The quantitative estimate of drug-likeness (QED) is 0.596. The van der Waals surface area contributed by atoms with Crippen molar-refractivity contribution in [3.8, 4) is 0 Å². The Kier molecular flexibility index (Phi) is 6.76. The number of benzene rings is 2. The molecule has 0 saturated carbocycles. The number of ether oxygens (including phenoxy) is 1. The molecule has 2 fully saturated rings. The average molecular weight is 516 g/mol. The number of aliphatic hydroxyl groups is 1. The molecular formula is C25H26F6N2O3. The molecule has 2 saturated heterocycles. The Morgan fingerprint density at radius 1 is 0.917 bits per heavy atom. The number of likely N-dealkylation sites (tertiary alicyclic amines) is 1. The van der Waals surface area contributed by atoms with E-state index in [-0.39, 0.29) is 12.6 Å². The number of halogens is 6. The lowest BCUT2D eigenvalue weighted by molar-refractivity contribution is -0.376. The van der Waals surface area contributed by atoms with Crippen LogP contribution in [0.3, 0.4) is 0 Å². The maximum atomic E-state index is 13.3. The molecule has 2 aliphatic heterocycles. The normalized spacial score (nSPS) is 23.7. The molecule has 2 aromatic carbocycles. The van der Waals surface area contributed by atoms with Gasteiger partial charge in [-0.1, -0.05) is 61.5 Å². The first kappa shape index (κ1) is 26.3. The van der Waals surface area contributed by atoms with Gasteiger partial charge in [0.2, 0.25) is 0 Å². The van der Waals surface area contributed by atoms with Gasteiger partial charge in [-0.25, -0.2) is 4.79 Å². The van der Waals surface area contributed by atoms with Crippen molar-refractivity contribution in [2.45, 2.75) is 36.2 Å². The van der Waals surface area contributed by atoms with E-state index in [9.17, 15) is 36.2 Å². The highest BCUT2D eigenvalue weighted by molar-refractivity contribution is 5.75. The highest BCUT2D eigenvalue weighted by Gasteiger charge is 2.71. The highest BCUT2D eigenvalue weighted by Crippen LogP contribution is 2.51. The van der Waals surface area contributed by atoms with Crippen LogP contribution in [0.4, 0.5) is 31.1 Å². The van der Waals surface area contributed by atoms with Crippen molar-refractivity contribution >= 4 is 6.03 Å². The molecule has 0 aliphatic carbocycles. The molecule has 2 heterocycles. The van der Waals surface area contributed by atoms with Gasteiger partial charge in [0.05, 0.1) is 13.2 Å². The SMILES string of the molecule is C[C@@]1(c2ccccc2)CN(C(=O)N2CCOCC2)C[C@@H]1c1ccc(C(O)(C(F)(F)F)C(F)(F)F)cc1. The number of hydrogen-bond acceptors (Lipinski definition) is 3. The molecular weight excluding hydrogens is 490 g/mol. The lowest BCUT2D eigenvalue weighted by atomic mass is 9.71. The van der Waals surface area contributed by atoms with Crippen LogP contribution in [0.2, 0.25) is 0 Å². The minimum absolute atomic E-state index is 0.192. The van der Waals surface area contributed by atoms with Crippen LogP contribution in [0, 0.1) is 0 Å². The summed E-state index contributed by atoms with van der Waals surface area (Å²) in [5, 5.41) is 9.73. The average Bonchev–Trinajstić information content (AvgIpc) is 3.21. The Morgan fingerprint density at radius 3 is 2.00 bits per heavy atom. The Balaban J connectivity index is 1.70. The number of urea groups is 1. The van der Waals surface area contributed by atoms with E-state index < -0.39 is 34.8 Å². The summed E-state index contributed by atoms with van der Waals surface area (Å²) in [6.45, 7) is 4.17. The number of morpholine rings is 1. The zero-order valence-corrected chi connectivity index (χ0v) is 19.4. The Labute approximate surface area is 204 Å². The maximum Gasteiger partial charge on any atom is 0.430 e. The van der Waals surface area contributed by atoms with E-state index in [2.05, 4.69) is 0 Å². The van der Waals surface area contributed by atoms with Crippen LogP contribution >= 0.6 is 0 Å². The molecule has 196 valence electrons. The minimum atomic E-state index is -5.96.